The molecule has 1 aliphatic heterocycles. The molecule has 3 aliphatic rings. The fraction of sp³-hybridized carbons (Fsp3) is 0.100. The molecular formula is C40H29NO. The van der Waals surface area contributed by atoms with Crippen LogP contribution >= 0.6 is 0 Å². The number of benzene rings is 6. The fourth-order valence-corrected chi connectivity index (χ4v) is 7.90. The predicted molar refractivity (Wildman–Crippen MR) is 171 cm³/mol. The lowest BCUT2D eigenvalue weighted by atomic mass is 9.66. The molecular weight excluding hydrogens is 510 g/mol. The quantitative estimate of drug-likeness (QED) is 0.236. The first-order chi connectivity index (χ1) is 20.6. The summed E-state index contributed by atoms with van der Waals surface area (Å²) < 4.78 is 6.46. The third kappa shape index (κ3) is 2.94. The van der Waals surface area contributed by atoms with Gasteiger partial charge in [-0.15, -0.1) is 0 Å². The average Bonchev–Trinajstić information content (AvgIpc) is 3.43. The highest BCUT2D eigenvalue weighted by molar-refractivity contribution is 5.91. The number of nitrogens with one attached hydrogen (secondary N) is 1. The van der Waals surface area contributed by atoms with E-state index in [1.54, 1.807) is 0 Å². The Morgan fingerprint density at radius 1 is 0.429 bits per heavy atom. The summed E-state index contributed by atoms with van der Waals surface area (Å²) in [5.41, 5.74) is 14.7. The summed E-state index contributed by atoms with van der Waals surface area (Å²) in [5, 5.41) is 3.76. The standard InChI is InChI=1S/C40H29NO/c1-39(2)31-13-5-3-11-27(31)29-23-25(19-21-32(29)39)41-26-20-22-34-30(24-26)28-12-4-6-14-33(28)40(34)35-15-7-9-17-37(35)42-38-18-10-8-16-36(38)40/h3-24,41H,1-2H3. The maximum absolute atomic E-state index is 6.46. The number of para-hydroxylation sites is 2. The highest BCUT2D eigenvalue weighted by atomic mass is 16.5. The minimum absolute atomic E-state index is 0.00630. The largest absolute Gasteiger partial charge is 0.457 e. The van der Waals surface area contributed by atoms with Gasteiger partial charge in [-0.3, -0.25) is 0 Å². The van der Waals surface area contributed by atoms with E-state index in [1.165, 1.54) is 55.6 Å². The van der Waals surface area contributed by atoms with Gasteiger partial charge in [0.15, 0.2) is 0 Å². The van der Waals surface area contributed by atoms with Gasteiger partial charge in [-0.25, -0.2) is 0 Å². The minimum atomic E-state index is -0.432. The second-order valence-electron chi connectivity index (χ2n) is 12.2. The van der Waals surface area contributed by atoms with E-state index in [0.29, 0.717) is 0 Å². The molecule has 0 bridgehead atoms. The normalized spacial score (nSPS) is 15.5. The van der Waals surface area contributed by atoms with Crippen LogP contribution in [0.2, 0.25) is 0 Å². The number of hydrogen-bond acceptors (Lipinski definition) is 2. The Hall–Kier alpha value is -5.08. The Morgan fingerprint density at radius 2 is 0.857 bits per heavy atom. The second kappa shape index (κ2) is 8.24. The SMILES string of the molecule is CC1(C)c2ccccc2-c2cc(Nc3ccc4c(c3)-c3ccccc3C43c4ccccc4Oc4ccccc43)ccc21. The summed E-state index contributed by atoms with van der Waals surface area (Å²) in [7, 11) is 0. The molecule has 2 aliphatic carbocycles. The van der Waals surface area contributed by atoms with E-state index in [0.717, 1.165) is 22.9 Å². The van der Waals surface area contributed by atoms with Gasteiger partial charge in [0.1, 0.15) is 11.5 Å². The van der Waals surface area contributed by atoms with Gasteiger partial charge in [0.2, 0.25) is 0 Å². The van der Waals surface area contributed by atoms with E-state index >= 15 is 0 Å². The molecule has 9 rings (SSSR count). The molecule has 0 amide bonds. The summed E-state index contributed by atoms with van der Waals surface area (Å²) >= 11 is 0. The van der Waals surface area contributed by atoms with Crippen molar-refractivity contribution in [2.24, 2.45) is 0 Å². The van der Waals surface area contributed by atoms with Gasteiger partial charge >= 0.3 is 0 Å². The molecule has 2 heteroatoms. The monoisotopic (exact) mass is 539 g/mol. The van der Waals surface area contributed by atoms with Crippen molar-refractivity contribution in [1.82, 2.24) is 0 Å². The summed E-state index contributed by atoms with van der Waals surface area (Å²) in [6.07, 6.45) is 0. The molecule has 2 nitrogen and oxygen atoms in total. The molecule has 0 saturated carbocycles. The van der Waals surface area contributed by atoms with Crippen LogP contribution in [0.5, 0.6) is 11.5 Å². The van der Waals surface area contributed by atoms with Crippen molar-refractivity contribution in [3.8, 4) is 33.8 Å². The molecule has 1 spiro atoms. The van der Waals surface area contributed by atoms with Gasteiger partial charge in [0.05, 0.1) is 5.41 Å². The van der Waals surface area contributed by atoms with Crippen LogP contribution < -0.4 is 10.1 Å². The smallest absolute Gasteiger partial charge is 0.132 e. The van der Waals surface area contributed by atoms with Gasteiger partial charge in [-0.05, 0) is 80.9 Å². The summed E-state index contributed by atoms with van der Waals surface area (Å²) in [6, 6.07) is 48.4. The van der Waals surface area contributed by atoms with Crippen molar-refractivity contribution < 1.29 is 4.74 Å². The lowest BCUT2D eigenvalue weighted by molar-refractivity contribution is 0.436. The lowest BCUT2D eigenvalue weighted by Gasteiger charge is -2.39. The van der Waals surface area contributed by atoms with Crippen LogP contribution in [0.25, 0.3) is 22.3 Å². The van der Waals surface area contributed by atoms with Crippen molar-refractivity contribution in [3.05, 3.63) is 167 Å². The van der Waals surface area contributed by atoms with Crippen molar-refractivity contribution in [2.75, 3.05) is 5.32 Å². The molecule has 0 unspecified atom stereocenters. The molecule has 0 radical (unpaired) electrons. The molecule has 6 aromatic rings. The highest BCUT2D eigenvalue weighted by Gasteiger charge is 2.50. The van der Waals surface area contributed by atoms with Gasteiger partial charge in [0, 0.05) is 27.9 Å². The molecule has 1 heterocycles. The summed E-state index contributed by atoms with van der Waals surface area (Å²) in [6.45, 7) is 4.65. The van der Waals surface area contributed by atoms with E-state index in [-0.39, 0.29) is 5.41 Å². The lowest BCUT2D eigenvalue weighted by Crippen LogP contribution is -2.32. The molecule has 6 aromatic carbocycles. The van der Waals surface area contributed by atoms with E-state index in [4.69, 9.17) is 4.74 Å². The zero-order chi connectivity index (χ0) is 28.1. The topological polar surface area (TPSA) is 21.3 Å². The highest BCUT2D eigenvalue weighted by Crippen LogP contribution is 2.62. The molecule has 1 N–H and O–H groups in total. The molecule has 0 saturated heterocycles. The Balaban J connectivity index is 1.21. The van der Waals surface area contributed by atoms with Gasteiger partial charge < -0.3 is 10.1 Å². The summed E-state index contributed by atoms with van der Waals surface area (Å²) in [4.78, 5) is 0. The van der Waals surface area contributed by atoms with Crippen molar-refractivity contribution in [3.63, 3.8) is 0 Å². The zero-order valence-electron chi connectivity index (χ0n) is 23.6. The molecule has 42 heavy (non-hydrogen) atoms. The first-order valence-corrected chi connectivity index (χ1v) is 14.7. The Kier molecular flexibility index (Phi) is 4.63. The molecule has 0 atom stereocenters. The van der Waals surface area contributed by atoms with Gasteiger partial charge in [0.25, 0.3) is 0 Å². The zero-order valence-corrected chi connectivity index (χ0v) is 23.6. The van der Waals surface area contributed by atoms with Crippen LogP contribution in [0.3, 0.4) is 0 Å². The fourth-order valence-electron chi connectivity index (χ4n) is 7.90. The average molecular weight is 540 g/mol. The van der Waals surface area contributed by atoms with Crippen LogP contribution in [-0.2, 0) is 10.8 Å². The van der Waals surface area contributed by atoms with E-state index in [1.807, 2.05) is 0 Å². The van der Waals surface area contributed by atoms with Crippen LogP contribution in [0, 0.1) is 0 Å². The Morgan fingerprint density at radius 3 is 1.50 bits per heavy atom. The third-order valence-electron chi connectivity index (χ3n) is 9.72. The van der Waals surface area contributed by atoms with Crippen LogP contribution in [-0.4, -0.2) is 0 Å². The Labute approximate surface area is 246 Å². The van der Waals surface area contributed by atoms with E-state index in [2.05, 4.69) is 153 Å². The van der Waals surface area contributed by atoms with Crippen molar-refractivity contribution in [1.29, 1.82) is 0 Å². The number of anilines is 2. The van der Waals surface area contributed by atoms with Crippen LogP contribution in [0.1, 0.15) is 47.2 Å². The van der Waals surface area contributed by atoms with Crippen LogP contribution in [0.4, 0.5) is 11.4 Å². The predicted octanol–water partition coefficient (Wildman–Crippen LogP) is 10.2. The first kappa shape index (κ1) is 23.6. The molecule has 0 fully saturated rings. The number of ether oxygens (including phenoxy) is 1. The number of fused-ring (bicyclic) bond motifs is 12. The number of rotatable bonds is 2. The maximum Gasteiger partial charge on any atom is 0.132 e. The molecule has 200 valence electrons. The van der Waals surface area contributed by atoms with E-state index < -0.39 is 5.41 Å². The van der Waals surface area contributed by atoms with Gasteiger partial charge in [-0.2, -0.15) is 0 Å². The minimum Gasteiger partial charge on any atom is -0.457 e. The van der Waals surface area contributed by atoms with Gasteiger partial charge in [-0.1, -0.05) is 111 Å². The Bertz CT molecular complexity index is 2040. The second-order valence-corrected chi connectivity index (χ2v) is 12.2. The first-order valence-electron chi connectivity index (χ1n) is 14.7. The van der Waals surface area contributed by atoms with Crippen molar-refractivity contribution >= 4 is 11.4 Å². The van der Waals surface area contributed by atoms with Crippen LogP contribution in [0.15, 0.2) is 133 Å². The van der Waals surface area contributed by atoms with E-state index in [9.17, 15) is 0 Å². The third-order valence-corrected chi connectivity index (χ3v) is 9.72. The molecule has 0 aromatic heterocycles. The maximum atomic E-state index is 6.46. The number of hydrogen-bond donors (Lipinski definition) is 1. The summed E-state index contributed by atoms with van der Waals surface area (Å²) in [5.74, 6) is 1.84. The van der Waals surface area contributed by atoms with Crippen molar-refractivity contribution in [2.45, 2.75) is 24.7 Å².